The van der Waals surface area contributed by atoms with E-state index in [0.717, 1.165) is 45.2 Å². The van der Waals surface area contributed by atoms with E-state index in [-0.39, 0.29) is 23.6 Å². The van der Waals surface area contributed by atoms with Gasteiger partial charge in [0, 0.05) is 57.2 Å². The number of fused-ring (bicyclic) bond motifs is 2. The Hall–Kier alpha value is -1.50. The minimum Gasteiger partial charge on any atom is -0.392 e. The van der Waals surface area contributed by atoms with Crippen molar-refractivity contribution in [1.29, 1.82) is 0 Å². The van der Waals surface area contributed by atoms with E-state index >= 15 is 0 Å². The second-order valence-corrected chi connectivity index (χ2v) is 9.04. The fourth-order valence-corrected chi connectivity index (χ4v) is 5.93. The van der Waals surface area contributed by atoms with Gasteiger partial charge in [0.15, 0.2) is 0 Å². The van der Waals surface area contributed by atoms with E-state index in [1.54, 1.807) is 12.4 Å². The smallest absolute Gasteiger partial charge is 0.255 e. The van der Waals surface area contributed by atoms with Crippen LogP contribution in [-0.4, -0.2) is 87.1 Å². The first kappa shape index (κ1) is 17.6. The Bertz CT molecular complexity index is 685. The highest BCUT2D eigenvalue weighted by molar-refractivity contribution is 5.94. The summed E-state index contributed by atoms with van der Waals surface area (Å²) in [4.78, 5) is 24.4. The van der Waals surface area contributed by atoms with Crippen molar-refractivity contribution in [3.8, 4) is 0 Å². The molecule has 0 radical (unpaired) electrons. The van der Waals surface area contributed by atoms with E-state index in [2.05, 4.69) is 14.8 Å². The Morgan fingerprint density at radius 1 is 1.11 bits per heavy atom. The number of carbonyl (C=O) groups is 1. The van der Waals surface area contributed by atoms with Gasteiger partial charge in [-0.05, 0) is 31.4 Å². The average Bonchev–Trinajstić information content (AvgIpc) is 3.06. The summed E-state index contributed by atoms with van der Waals surface area (Å²) in [6.07, 6.45) is 10.6. The van der Waals surface area contributed by atoms with Crippen molar-refractivity contribution in [1.82, 2.24) is 19.7 Å². The molecule has 6 heteroatoms. The van der Waals surface area contributed by atoms with Crippen LogP contribution < -0.4 is 0 Å². The largest absolute Gasteiger partial charge is 0.392 e. The van der Waals surface area contributed by atoms with Crippen molar-refractivity contribution in [2.45, 2.75) is 62.3 Å². The van der Waals surface area contributed by atoms with Crippen LogP contribution in [0.3, 0.4) is 0 Å². The summed E-state index contributed by atoms with van der Waals surface area (Å²) in [6.45, 7) is 4.33. The van der Waals surface area contributed by atoms with Crippen molar-refractivity contribution in [2.75, 3.05) is 32.7 Å². The number of piperazine rings is 1. The monoisotopic (exact) mass is 370 g/mol. The van der Waals surface area contributed by atoms with Crippen molar-refractivity contribution in [3.63, 3.8) is 0 Å². The van der Waals surface area contributed by atoms with Gasteiger partial charge in [0.25, 0.3) is 5.91 Å². The Labute approximate surface area is 161 Å². The van der Waals surface area contributed by atoms with Crippen molar-refractivity contribution >= 4 is 5.91 Å². The Morgan fingerprint density at radius 2 is 1.93 bits per heavy atom. The predicted molar refractivity (Wildman–Crippen MR) is 102 cm³/mol. The molecule has 4 heterocycles. The van der Waals surface area contributed by atoms with Crippen molar-refractivity contribution < 1.29 is 9.90 Å². The predicted octanol–water partition coefficient (Wildman–Crippen LogP) is 1.36. The van der Waals surface area contributed by atoms with E-state index in [4.69, 9.17) is 0 Å². The highest BCUT2D eigenvalue weighted by atomic mass is 16.3. The molecule has 1 N–H and O–H groups in total. The summed E-state index contributed by atoms with van der Waals surface area (Å²) in [5.74, 6) is 0.0830. The van der Waals surface area contributed by atoms with Crippen LogP contribution in [0.25, 0.3) is 0 Å². The molecule has 1 aromatic heterocycles. The minimum atomic E-state index is -0.260. The molecular weight excluding hydrogens is 340 g/mol. The van der Waals surface area contributed by atoms with Gasteiger partial charge < -0.3 is 10.0 Å². The molecule has 1 aliphatic carbocycles. The maximum absolute atomic E-state index is 13.1. The molecule has 0 aromatic carbocycles. The maximum Gasteiger partial charge on any atom is 0.255 e. The molecule has 27 heavy (non-hydrogen) atoms. The van der Waals surface area contributed by atoms with E-state index in [1.165, 1.54) is 32.1 Å². The van der Waals surface area contributed by atoms with Crippen molar-refractivity contribution in [2.24, 2.45) is 0 Å². The fourth-order valence-electron chi connectivity index (χ4n) is 5.93. The van der Waals surface area contributed by atoms with Gasteiger partial charge in [0.05, 0.1) is 17.2 Å². The zero-order valence-electron chi connectivity index (χ0n) is 16.0. The molecule has 6 nitrogen and oxygen atoms in total. The lowest BCUT2D eigenvalue weighted by atomic mass is 9.80. The maximum atomic E-state index is 13.1. The van der Waals surface area contributed by atoms with Crippen LogP contribution in [0, 0.1) is 0 Å². The molecule has 3 aliphatic heterocycles. The van der Waals surface area contributed by atoms with Crippen LogP contribution in [0.1, 0.15) is 48.9 Å². The molecule has 0 unspecified atom stereocenters. The van der Waals surface area contributed by atoms with Gasteiger partial charge in [-0.2, -0.15) is 0 Å². The van der Waals surface area contributed by atoms with Crippen LogP contribution in [0.5, 0.6) is 0 Å². The van der Waals surface area contributed by atoms with Gasteiger partial charge in [-0.1, -0.05) is 19.3 Å². The highest BCUT2D eigenvalue weighted by Gasteiger charge is 2.57. The summed E-state index contributed by atoms with van der Waals surface area (Å²) < 4.78 is 0. The Balaban J connectivity index is 1.35. The molecule has 4 aliphatic rings. The number of carbonyl (C=O) groups excluding carboxylic acids is 1. The molecule has 1 aromatic rings. The molecule has 5 rings (SSSR count). The summed E-state index contributed by atoms with van der Waals surface area (Å²) in [5.41, 5.74) is 0.693. The van der Waals surface area contributed by atoms with Crippen LogP contribution in [-0.2, 0) is 0 Å². The standard InChI is InChI=1S/C21H30N4O2/c26-19-9-18-11-23(20(27)16-5-4-8-22-10-16)13-21(25(18)12-19)14-24(15-21)17-6-2-1-3-7-17/h4-5,8,10,17-19,26H,1-3,6-7,9,11-15H2/t18-,19+/m0/s1. The summed E-state index contributed by atoms with van der Waals surface area (Å²) in [6, 6.07) is 4.68. The van der Waals surface area contributed by atoms with Crippen LogP contribution in [0.4, 0.5) is 0 Å². The van der Waals surface area contributed by atoms with Crippen LogP contribution in [0.15, 0.2) is 24.5 Å². The van der Waals surface area contributed by atoms with Gasteiger partial charge >= 0.3 is 0 Å². The molecule has 2 atom stereocenters. The van der Waals surface area contributed by atoms with Crippen LogP contribution >= 0.6 is 0 Å². The van der Waals surface area contributed by atoms with Gasteiger partial charge in [-0.25, -0.2) is 0 Å². The number of hydrogen-bond donors (Lipinski definition) is 1. The number of nitrogens with zero attached hydrogens (tertiary/aromatic N) is 4. The highest BCUT2D eigenvalue weighted by Crippen LogP contribution is 2.41. The second-order valence-electron chi connectivity index (χ2n) is 9.04. The van der Waals surface area contributed by atoms with E-state index < -0.39 is 0 Å². The van der Waals surface area contributed by atoms with Crippen molar-refractivity contribution in [3.05, 3.63) is 30.1 Å². The molecule has 146 valence electrons. The number of aliphatic hydroxyl groups is 1. The minimum absolute atomic E-state index is 0.0235. The second kappa shape index (κ2) is 6.83. The SMILES string of the molecule is O=C(c1cccnc1)N1C[C@@H]2C[C@@H](O)CN2C2(C1)CN(C1CCCCC1)C2. The topological polar surface area (TPSA) is 59.9 Å². The summed E-state index contributed by atoms with van der Waals surface area (Å²) in [7, 11) is 0. The number of pyridine rings is 1. The number of hydrogen-bond acceptors (Lipinski definition) is 5. The number of rotatable bonds is 2. The summed E-state index contributed by atoms with van der Waals surface area (Å²) in [5, 5.41) is 10.3. The summed E-state index contributed by atoms with van der Waals surface area (Å²) >= 11 is 0. The molecule has 1 saturated carbocycles. The molecular formula is C21H30N4O2. The van der Waals surface area contributed by atoms with Gasteiger partial charge in [-0.15, -0.1) is 0 Å². The third-order valence-electron chi connectivity index (χ3n) is 7.20. The third-order valence-corrected chi connectivity index (χ3v) is 7.20. The first-order chi connectivity index (χ1) is 13.1. The molecule has 1 amide bonds. The van der Waals surface area contributed by atoms with Crippen LogP contribution in [0.2, 0.25) is 0 Å². The molecule has 0 bridgehead atoms. The van der Waals surface area contributed by atoms with Gasteiger partial charge in [0.2, 0.25) is 0 Å². The quantitative estimate of drug-likeness (QED) is 0.852. The molecule has 3 saturated heterocycles. The molecule has 1 spiro atoms. The normalized spacial score (nSPS) is 31.7. The van der Waals surface area contributed by atoms with E-state index in [1.807, 2.05) is 17.0 Å². The first-order valence-electron chi connectivity index (χ1n) is 10.5. The Morgan fingerprint density at radius 3 is 2.67 bits per heavy atom. The zero-order valence-corrected chi connectivity index (χ0v) is 16.0. The fraction of sp³-hybridized carbons (Fsp3) is 0.714. The Kier molecular flexibility index (Phi) is 4.45. The molecule has 4 fully saturated rings. The zero-order chi connectivity index (χ0) is 18.4. The number of aromatic nitrogens is 1. The lowest BCUT2D eigenvalue weighted by Crippen LogP contribution is -2.79. The number of aliphatic hydroxyl groups excluding tert-OH is 1. The van der Waals surface area contributed by atoms with E-state index in [9.17, 15) is 9.90 Å². The van der Waals surface area contributed by atoms with Gasteiger partial charge in [-0.3, -0.25) is 19.6 Å². The lowest BCUT2D eigenvalue weighted by molar-refractivity contribution is -0.122. The van der Waals surface area contributed by atoms with E-state index in [0.29, 0.717) is 5.56 Å². The van der Waals surface area contributed by atoms with Gasteiger partial charge in [0.1, 0.15) is 0 Å². The first-order valence-corrected chi connectivity index (χ1v) is 10.5. The average molecular weight is 370 g/mol. The lowest BCUT2D eigenvalue weighted by Gasteiger charge is -2.62. The number of likely N-dealkylation sites (tertiary alicyclic amines) is 1. The number of β-amino-alcohol motifs (C(OH)–C–C–N with tert-alkyl or cyclic N) is 1. The number of amides is 1. The third kappa shape index (κ3) is 3.08.